The fraction of sp³-hybridized carbons (Fsp3) is 0.632. The van der Waals surface area contributed by atoms with Crippen LogP contribution in [-0.4, -0.2) is 69.5 Å². The smallest absolute Gasteiger partial charge is 0.221 e. The first-order valence-corrected chi connectivity index (χ1v) is 11.0. The molecule has 2 atom stereocenters. The van der Waals surface area contributed by atoms with Crippen molar-refractivity contribution in [3.63, 3.8) is 0 Å². The zero-order valence-corrected chi connectivity index (χ0v) is 16.8. The van der Waals surface area contributed by atoms with Gasteiger partial charge >= 0.3 is 0 Å². The lowest BCUT2D eigenvalue weighted by atomic mass is 9.94. The number of ether oxygens (including phenoxy) is 2. The third-order valence-electron chi connectivity index (χ3n) is 5.34. The van der Waals surface area contributed by atoms with E-state index in [1.54, 1.807) is 24.3 Å². The fourth-order valence-corrected chi connectivity index (χ4v) is 5.07. The second-order valence-electron chi connectivity index (χ2n) is 7.33. The quantitative estimate of drug-likeness (QED) is 0.788. The van der Waals surface area contributed by atoms with Gasteiger partial charge in [-0.2, -0.15) is 0 Å². The molecule has 150 valence electrons. The van der Waals surface area contributed by atoms with Crippen LogP contribution in [0.15, 0.2) is 29.2 Å². The molecular weight excluding hydrogens is 368 g/mol. The minimum atomic E-state index is -3.34. The van der Waals surface area contributed by atoms with Gasteiger partial charge in [-0.1, -0.05) is 0 Å². The zero-order chi connectivity index (χ0) is 19.5. The van der Waals surface area contributed by atoms with Crippen molar-refractivity contribution in [3.05, 3.63) is 24.3 Å². The highest BCUT2D eigenvalue weighted by Crippen LogP contribution is 2.33. The van der Waals surface area contributed by atoms with Gasteiger partial charge in [-0.15, -0.1) is 0 Å². The molecule has 0 saturated carbocycles. The van der Waals surface area contributed by atoms with Crippen LogP contribution >= 0.6 is 0 Å². The van der Waals surface area contributed by atoms with Crippen LogP contribution in [0.1, 0.15) is 26.7 Å². The molecule has 2 fully saturated rings. The topological polar surface area (TPSA) is 84.9 Å². The molecule has 1 N–H and O–H groups in total. The molecule has 0 radical (unpaired) electrons. The van der Waals surface area contributed by atoms with Crippen LogP contribution < -0.4 is 5.32 Å². The predicted molar refractivity (Wildman–Crippen MR) is 103 cm³/mol. The van der Waals surface area contributed by atoms with Crippen LogP contribution in [0.4, 0.5) is 5.69 Å². The summed E-state index contributed by atoms with van der Waals surface area (Å²) in [4.78, 5) is 13.6. The Morgan fingerprint density at radius 1 is 1.30 bits per heavy atom. The standard InChI is InChI=1S/C19H28N2O5S/c1-15-19(8-11-25-15)14-21(10-12-26-19)9-3-13-27(23,24)18-6-4-17(5-7-18)20-16(2)22/h4-7,15H,3,8-14H2,1-2H3,(H,20,22)/t15-,19+/m0/s1. The van der Waals surface area contributed by atoms with E-state index in [-0.39, 0.29) is 28.3 Å². The Hall–Kier alpha value is -1.48. The highest BCUT2D eigenvalue weighted by molar-refractivity contribution is 7.91. The van der Waals surface area contributed by atoms with E-state index in [0.717, 1.165) is 32.7 Å². The van der Waals surface area contributed by atoms with Gasteiger partial charge in [-0.05, 0) is 44.2 Å². The molecule has 2 heterocycles. The summed E-state index contributed by atoms with van der Waals surface area (Å²) in [5.41, 5.74) is 0.351. The van der Waals surface area contributed by atoms with Gasteiger partial charge in [-0.3, -0.25) is 9.69 Å². The first kappa shape index (κ1) is 20.3. The number of nitrogens with zero attached hydrogens (tertiary/aromatic N) is 1. The van der Waals surface area contributed by atoms with Crippen molar-refractivity contribution in [3.8, 4) is 0 Å². The molecule has 2 aliphatic heterocycles. The van der Waals surface area contributed by atoms with Crippen LogP contribution in [0.2, 0.25) is 0 Å². The lowest BCUT2D eigenvalue weighted by Crippen LogP contribution is -2.55. The summed E-state index contributed by atoms with van der Waals surface area (Å²) in [7, 11) is -3.34. The summed E-state index contributed by atoms with van der Waals surface area (Å²) in [5, 5.41) is 2.63. The molecule has 3 rings (SSSR count). The first-order valence-electron chi connectivity index (χ1n) is 9.39. The number of carbonyl (C=O) groups excluding carboxylic acids is 1. The average molecular weight is 397 g/mol. The molecule has 1 aromatic carbocycles. The summed E-state index contributed by atoms with van der Waals surface area (Å²) in [6.45, 7) is 7.17. The van der Waals surface area contributed by atoms with E-state index in [2.05, 4.69) is 10.2 Å². The van der Waals surface area contributed by atoms with Crippen molar-refractivity contribution in [2.75, 3.05) is 43.9 Å². The van der Waals surface area contributed by atoms with Crippen molar-refractivity contribution in [2.24, 2.45) is 0 Å². The number of sulfone groups is 1. The minimum absolute atomic E-state index is 0.0751. The molecule has 2 aliphatic rings. The summed E-state index contributed by atoms with van der Waals surface area (Å²) in [6, 6.07) is 6.31. The number of anilines is 1. The average Bonchev–Trinajstić information content (AvgIpc) is 2.94. The number of benzene rings is 1. The van der Waals surface area contributed by atoms with E-state index in [4.69, 9.17) is 9.47 Å². The van der Waals surface area contributed by atoms with Crippen LogP contribution in [0.5, 0.6) is 0 Å². The van der Waals surface area contributed by atoms with Gasteiger partial charge < -0.3 is 14.8 Å². The summed E-state index contributed by atoms with van der Waals surface area (Å²) in [6.07, 6.45) is 1.54. The molecule has 8 heteroatoms. The van der Waals surface area contributed by atoms with Gasteiger partial charge in [0.25, 0.3) is 0 Å². The number of amides is 1. The largest absolute Gasteiger partial charge is 0.375 e. The Kier molecular flexibility index (Phi) is 6.20. The van der Waals surface area contributed by atoms with Gasteiger partial charge in [0, 0.05) is 38.7 Å². The summed E-state index contributed by atoms with van der Waals surface area (Å²) in [5.74, 6) is -0.0843. The van der Waals surface area contributed by atoms with Crippen molar-refractivity contribution >= 4 is 21.4 Å². The molecular formula is C19H28N2O5S. The van der Waals surface area contributed by atoms with Crippen LogP contribution in [-0.2, 0) is 24.1 Å². The van der Waals surface area contributed by atoms with Crippen LogP contribution in [0.25, 0.3) is 0 Å². The van der Waals surface area contributed by atoms with E-state index in [0.29, 0.717) is 18.7 Å². The maximum Gasteiger partial charge on any atom is 0.221 e. The Bertz CT molecular complexity index is 765. The van der Waals surface area contributed by atoms with E-state index >= 15 is 0 Å². The van der Waals surface area contributed by atoms with Crippen molar-refractivity contribution in [1.82, 2.24) is 4.90 Å². The number of rotatable bonds is 6. The second kappa shape index (κ2) is 8.26. The number of hydrogen-bond donors (Lipinski definition) is 1. The van der Waals surface area contributed by atoms with Gasteiger partial charge in [0.05, 0.1) is 23.4 Å². The van der Waals surface area contributed by atoms with E-state index in [1.807, 2.05) is 6.92 Å². The normalized spacial score (nSPS) is 26.4. The zero-order valence-electron chi connectivity index (χ0n) is 15.9. The molecule has 0 aromatic heterocycles. The van der Waals surface area contributed by atoms with Gasteiger partial charge in [0.15, 0.2) is 9.84 Å². The lowest BCUT2D eigenvalue weighted by Gasteiger charge is -2.42. The number of carbonyl (C=O) groups is 1. The molecule has 1 spiro atoms. The van der Waals surface area contributed by atoms with Crippen LogP contribution in [0.3, 0.4) is 0 Å². The number of nitrogens with one attached hydrogen (secondary N) is 1. The van der Waals surface area contributed by atoms with Crippen molar-refractivity contribution in [1.29, 1.82) is 0 Å². The molecule has 0 bridgehead atoms. The summed E-state index contributed by atoms with van der Waals surface area (Å²) < 4.78 is 36.8. The van der Waals surface area contributed by atoms with E-state index in [9.17, 15) is 13.2 Å². The fourth-order valence-electron chi connectivity index (χ4n) is 3.78. The molecule has 2 saturated heterocycles. The maximum atomic E-state index is 12.6. The third-order valence-corrected chi connectivity index (χ3v) is 7.16. The van der Waals surface area contributed by atoms with E-state index < -0.39 is 9.84 Å². The lowest BCUT2D eigenvalue weighted by molar-refractivity contribution is -0.135. The number of hydrogen-bond acceptors (Lipinski definition) is 6. The van der Waals surface area contributed by atoms with Gasteiger partial charge in [0.2, 0.25) is 5.91 Å². The molecule has 1 amide bonds. The molecule has 0 unspecified atom stereocenters. The van der Waals surface area contributed by atoms with E-state index in [1.165, 1.54) is 6.92 Å². The Morgan fingerprint density at radius 3 is 2.67 bits per heavy atom. The SMILES string of the molecule is CC(=O)Nc1ccc(S(=O)(=O)CCCN2CCO[C@]3(CCO[C@H]3C)C2)cc1. The highest BCUT2D eigenvalue weighted by Gasteiger charge is 2.45. The van der Waals surface area contributed by atoms with Crippen molar-refractivity contribution < 1.29 is 22.7 Å². The predicted octanol–water partition coefficient (Wildman–Crippen LogP) is 1.69. The second-order valence-corrected chi connectivity index (χ2v) is 9.44. The molecule has 7 nitrogen and oxygen atoms in total. The first-order chi connectivity index (χ1) is 12.8. The third kappa shape index (κ3) is 4.87. The molecule has 27 heavy (non-hydrogen) atoms. The highest BCUT2D eigenvalue weighted by atomic mass is 32.2. The van der Waals surface area contributed by atoms with Crippen LogP contribution in [0, 0.1) is 0 Å². The Labute approximate surface area is 160 Å². The Balaban J connectivity index is 1.52. The summed E-state index contributed by atoms with van der Waals surface area (Å²) >= 11 is 0. The molecule has 1 aromatic rings. The van der Waals surface area contributed by atoms with Crippen molar-refractivity contribution in [2.45, 2.75) is 43.3 Å². The minimum Gasteiger partial charge on any atom is -0.375 e. The maximum absolute atomic E-state index is 12.6. The molecule has 0 aliphatic carbocycles. The monoisotopic (exact) mass is 396 g/mol. The number of morpholine rings is 1. The van der Waals surface area contributed by atoms with Gasteiger partial charge in [-0.25, -0.2) is 8.42 Å². The van der Waals surface area contributed by atoms with Gasteiger partial charge in [0.1, 0.15) is 5.60 Å². The Morgan fingerprint density at radius 2 is 2.04 bits per heavy atom.